The van der Waals surface area contributed by atoms with Gasteiger partial charge in [0.1, 0.15) is 11.3 Å². The number of aromatic nitrogens is 3. The molecule has 1 saturated carbocycles. The number of rotatable bonds is 8. The van der Waals surface area contributed by atoms with Crippen molar-refractivity contribution in [2.24, 2.45) is 5.92 Å². The molecule has 2 heterocycles. The van der Waals surface area contributed by atoms with Crippen molar-refractivity contribution < 1.29 is 9.47 Å². The maximum Gasteiger partial charge on any atom is 0.215 e. The van der Waals surface area contributed by atoms with E-state index in [1.54, 1.807) is 7.11 Å². The van der Waals surface area contributed by atoms with Crippen LogP contribution in [0.15, 0.2) is 12.1 Å². The van der Waals surface area contributed by atoms with Gasteiger partial charge in [0.2, 0.25) is 5.88 Å². The first-order valence-electron chi connectivity index (χ1n) is 7.35. The van der Waals surface area contributed by atoms with Gasteiger partial charge in [-0.2, -0.15) is 4.98 Å². The predicted molar refractivity (Wildman–Crippen MR) is 82.0 cm³/mol. The van der Waals surface area contributed by atoms with Crippen LogP contribution in [0.25, 0.3) is 11.2 Å². The molecule has 1 aliphatic rings. The van der Waals surface area contributed by atoms with Crippen LogP contribution in [-0.2, 0) is 17.7 Å². The first kappa shape index (κ1) is 14.6. The molecule has 0 unspecified atom stereocenters. The summed E-state index contributed by atoms with van der Waals surface area (Å²) < 4.78 is 13.0. The first-order chi connectivity index (χ1) is 10.3. The van der Waals surface area contributed by atoms with E-state index < -0.39 is 0 Å². The Morgan fingerprint density at radius 2 is 2.19 bits per heavy atom. The fourth-order valence-corrected chi connectivity index (χ4v) is 2.51. The molecule has 1 aliphatic carbocycles. The molecule has 2 aromatic rings. The third-order valence-corrected chi connectivity index (χ3v) is 3.87. The minimum Gasteiger partial charge on any atom is -0.481 e. The summed E-state index contributed by atoms with van der Waals surface area (Å²) in [5.74, 6) is 2.88. The molecule has 0 amide bonds. The van der Waals surface area contributed by atoms with E-state index in [4.69, 9.17) is 21.1 Å². The summed E-state index contributed by atoms with van der Waals surface area (Å²) in [5.41, 5.74) is 1.71. The number of halogens is 1. The van der Waals surface area contributed by atoms with Crippen molar-refractivity contribution in [1.82, 2.24) is 14.5 Å². The second-order valence-corrected chi connectivity index (χ2v) is 5.71. The van der Waals surface area contributed by atoms with Gasteiger partial charge in [-0.25, -0.2) is 4.98 Å². The number of ether oxygens (including phenoxy) is 2. The van der Waals surface area contributed by atoms with Crippen molar-refractivity contribution in [2.45, 2.75) is 25.8 Å². The van der Waals surface area contributed by atoms with Gasteiger partial charge in [-0.05, 0) is 24.8 Å². The Labute approximate surface area is 129 Å². The molecule has 3 rings (SSSR count). The van der Waals surface area contributed by atoms with Crippen molar-refractivity contribution in [2.75, 3.05) is 26.2 Å². The highest BCUT2D eigenvalue weighted by Crippen LogP contribution is 2.28. The van der Waals surface area contributed by atoms with Crippen molar-refractivity contribution in [3.05, 3.63) is 18.0 Å². The maximum absolute atomic E-state index is 5.88. The topological polar surface area (TPSA) is 49.2 Å². The Kier molecular flexibility index (Phi) is 4.60. The van der Waals surface area contributed by atoms with Crippen LogP contribution in [-0.4, -0.2) is 40.7 Å². The number of fused-ring (bicyclic) bond motifs is 1. The fourth-order valence-electron chi connectivity index (χ4n) is 2.35. The highest BCUT2D eigenvalue weighted by Gasteiger charge is 2.21. The molecule has 114 valence electrons. The van der Waals surface area contributed by atoms with Crippen LogP contribution >= 0.6 is 11.6 Å². The standard InChI is InChI=1S/C15H20ClN3O2/c1-20-14-5-4-12-15(18-14)19(13(17-12)6-7-16)8-9-21-10-11-2-3-11/h4-5,11H,2-3,6-10H2,1H3. The number of hydrogen-bond acceptors (Lipinski definition) is 4. The van der Waals surface area contributed by atoms with Crippen molar-refractivity contribution in [3.8, 4) is 5.88 Å². The van der Waals surface area contributed by atoms with Gasteiger partial charge in [-0.1, -0.05) is 0 Å². The smallest absolute Gasteiger partial charge is 0.215 e. The second kappa shape index (κ2) is 6.62. The van der Waals surface area contributed by atoms with E-state index in [1.807, 2.05) is 12.1 Å². The lowest BCUT2D eigenvalue weighted by Crippen LogP contribution is -2.11. The average molecular weight is 310 g/mol. The monoisotopic (exact) mass is 309 g/mol. The van der Waals surface area contributed by atoms with Crippen LogP contribution < -0.4 is 4.74 Å². The minimum atomic E-state index is 0.545. The highest BCUT2D eigenvalue weighted by atomic mass is 35.5. The third kappa shape index (κ3) is 3.47. The van der Waals surface area contributed by atoms with Crippen LogP contribution in [0.1, 0.15) is 18.7 Å². The molecular formula is C15H20ClN3O2. The molecule has 21 heavy (non-hydrogen) atoms. The van der Waals surface area contributed by atoms with E-state index in [1.165, 1.54) is 12.8 Å². The summed E-state index contributed by atoms with van der Waals surface area (Å²) in [6.45, 7) is 2.29. The summed E-state index contributed by atoms with van der Waals surface area (Å²) >= 11 is 5.88. The maximum atomic E-state index is 5.88. The number of methoxy groups -OCH3 is 1. The SMILES string of the molecule is COc1ccc2nc(CCCl)n(CCOCC3CC3)c2n1. The van der Waals surface area contributed by atoms with Crippen molar-refractivity contribution in [3.63, 3.8) is 0 Å². The minimum absolute atomic E-state index is 0.545. The summed E-state index contributed by atoms with van der Waals surface area (Å²) in [7, 11) is 1.62. The van der Waals surface area contributed by atoms with E-state index >= 15 is 0 Å². The van der Waals surface area contributed by atoms with Crippen LogP contribution in [0, 0.1) is 5.92 Å². The Bertz CT molecular complexity index is 610. The molecule has 0 radical (unpaired) electrons. The van der Waals surface area contributed by atoms with E-state index in [0.29, 0.717) is 18.4 Å². The second-order valence-electron chi connectivity index (χ2n) is 5.33. The van der Waals surface area contributed by atoms with Crippen LogP contribution in [0.3, 0.4) is 0 Å². The normalized spacial score (nSPS) is 14.8. The van der Waals surface area contributed by atoms with Gasteiger partial charge in [-0.3, -0.25) is 0 Å². The number of alkyl halides is 1. The van der Waals surface area contributed by atoms with Crippen LogP contribution in [0.4, 0.5) is 0 Å². The summed E-state index contributed by atoms with van der Waals surface area (Å²) in [6.07, 6.45) is 3.34. The largest absolute Gasteiger partial charge is 0.481 e. The lowest BCUT2D eigenvalue weighted by atomic mass is 10.4. The lowest BCUT2D eigenvalue weighted by Gasteiger charge is -2.09. The highest BCUT2D eigenvalue weighted by molar-refractivity contribution is 6.17. The van der Waals surface area contributed by atoms with E-state index in [-0.39, 0.29) is 0 Å². The van der Waals surface area contributed by atoms with E-state index in [9.17, 15) is 0 Å². The lowest BCUT2D eigenvalue weighted by molar-refractivity contribution is 0.117. The van der Waals surface area contributed by atoms with Crippen LogP contribution in [0.2, 0.25) is 0 Å². The van der Waals surface area contributed by atoms with Crippen LogP contribution in [0.5, 0.6) is 5.88 Å². The Balaban J connectivity index is 1.78. The van der Waals surface area contributed by atoms with Gasteiger partial charge in [0.25, 0.3) is 0 Å². The molecule has 2 aromatic heterocycles. The Hall–Kier alpha value is -1.33. The zero-order valence-electron chi connectivity index (χ0n) is 12.2. The number of nitrogens with zero attached hydrogens (tertiary/aromatic N) is 3. The third-order valence-electron chi connectivity index (χ3n) is 3.68. The summed E-state index contributed by atoms with van der Waals surface area (Å²) in [6, 6.07) is 3.76. The zero-order valence-corrected chi connectivity index (χ0v) is 13.0. The molecule has 1 fully saturated rings. The first-order valence-corrected chi connectivity index (χ1v) is 7.89. The van der Waals surface area contributed by atoms with E-state index in [0.717, 1.165) is 42.5 Å². The summed E-state index contributed by atoms with van der Waals surface area (Å²) in [4.78, 5) is 9.11. The number of aryl methyl sites for hydroxylation is 1. The molecule has 0 saturated heterocycles. The molecule has 0 spiro atoms. The average Bonchev–Trinajstić information content (AvgIpc) is 3.26. The van der Waals surface area contributed by atoms with E-state index in [2.05, 4.69) is 14.5 Å². The van der Waals surface area contributed by atoms with Gasteiger partial charge >= 0.3 is 0 Å². The predicted octanol–water partition coefficient (Wildman–Crippen LogP) is 2.65. The molecule has 0 bridgehead atoms. The quantitative estimate of drug-likeness (QED) is 0.555. The van der Waals surface area contributed by atoms with Gasteiger partial charge in [0.05, 0.1) is 13.7 Å². The zero-order chi connectivity index (χ0) is 14.7. The van der Waals surface area contributed by atoms with Crippen molar-refractivity contribution in [1.29, 1.82) is 0 Å². The molecule has 6 heteroatoms. The number of pyridine rings is 1. The van der Waals surface area contributed by atoms with Gasteiger partial charge in [0.15, 0.2) is 5.65 Å². The molecule has 0 aromatic carbocycles. The van der Waals surface area contributed by atoms with Gasteiger partial charge < -0.3 is 14.0 Å². The molecule has 5 nitrogen and oxygen atoms in total. The number of hydrogen-bond donors (Lipinski definition) is 0. The van der Waals surface area contributed by atoms with Gasteiger partial charge in [0, 0.05) is 31.5 Å². The van der Waals surface area contributed by atoms with Gasteiger partial charge in [-0.15, -0.1) is 11.6 Å². The van der Waals surface area contributed by atoms with Crippen molar-refractivity contribution >= 4 is 22.8 Å². The Morgan fingerprint density at radius 3 is 2.90 bits per heavy atom. The molecule has 0 aliphatic heterocycles. The summed E-state index contributed by atoms with van der Waals surface area (Å²) in [5, 5.41) is 0. The number of imidazole rings is 1. The molecular weight excluding hydrogens is 290 g/mol. The molecule has 0 N–H and O–H groups in total. The fraction of sp³-hybridized carbons (Fsp3) is 0.600. The Morgan fingerprint density at radius 1 is 1.33 bits per heavy atom. The molecule has 0 atom stereocenters.